The maximum atomic E-state index is 11.5. The van der Waals surface area contributed by atoms with Crippen molar-refractivity contribution < 1.29 is 9.21 Å². The highest BCUT2D eigenvalue weighted by atomic mass is 16.3. The Bertz CT molecular complexity index is 437. The maximum absolute atomic E-state index is 11.5. The minimum atomic E-state index is -0.0567. The molecule has 0 fully saturated rings. The van der Waals surface area contributed by atoms with E-state index in [9.17, 15) is 4.79 Å². The van der Waals surface area contributed by atoms with Crippen LogP contribution in [0.5, 0.6) is 0 Å². The highest BCUT2D eigenvalue weighted by molar-refractivity contribution is 5.77. The number of carbonyl (C=O) groups excluding carboxylic acids is 1. The summed E-state index contributed by atoms with van der Waals surface area (Å²) in [5.41, 5.74) is 0.982. The Morgan fingerprint density at radius 3 is 3.00 bits per heavy atom. The van der Waals surface area contributed by atoms with Crippen molar-refractivity contribution in [3.63, 3.8) is 0 Å². The largest absolute Gasteiger partial charge is 0.469 e. The van der Waals surface area contributed by atoms with Crippen molar-refractivity contribution in [3.05, 3.63) is 54.2 Å². The first-order chi connectivity index (χ1) is 7.84. The average Bonchev–Trinajstić information content (AvgIpc) is 2.81. The van der Waals surface area contributed by atoms with Crippen LogP contribution >= 0.6 is 0 Å². The number of aromatic nitrogens is 1. The number of hydrogen-bond acceptors (Lipinski definition) is 3. The molecule has 0 saturated carbocycles. The molecule has 0 aliphatic carbocycles. The van der Waals surface area contributed by atoms with Crippen molar-refractivity contribution in [2.45, 2.75) is 13.0 Å². The zero-order valence-electron chi connectivity index (χ0n) is 8.72. The van der Waals surface area contributed by atoms with E-state index >= 15 is 0 Å². The number of furan rings is 1. The molecule has 2 aromatic rings. The molecule has 82 valence electrons. The van der Waals surface area contributed by atoms with E-state index in [4.69, 9.17) is 4.42 Å². The van der Waals surface area contributed by atoms with E-state index in [1.807, 2.05) is 12.1 Å². The highest BCUT2D eigenvalue weighted by Gasteiger charge is 2.04. The van der Waals surface area contributed by atoms with Crippen LogP contribution in [0.15, 0.2) is 47.3 Å². The second-order valence-corrected chi connectivity index (χ2v) is 3.39. The van der Waals surface area contributed by atoms with E-state index in [-0.39, 0.29) is 12.3 Å². The topological polar surface area (TPSA) is 55.1 Å². The molecule has 16 heavy (non-hydrogen) atoms. The molecule has 0 bridgehead atoms. The SMILES string of the molecule is O=C(Cc1ccco1)NCc1cccnc1. The minimum Gasteiger partial charge on any atom is -0.469 e. The van der Waals surface area contributed by atoms with Crippen LogP contribution in [0, 0.1) is 0 Å². The Hall–Kier alpha value is -2.10. The van der Waals surface area contributed by atoms with Crippen LogP contribution in [-0.2, 0) is 17.8 Å². The molecule has 1 N–H and O–H groups in total. The van der Waals surface area contributed by atoms with Crippen LogP contribution in [0.25, 0.3) is 0 Å². The zero-order chi connectivity index (χ0) is 11.2. The van der Waals surface area contributed by atoms with Crippen LogP contribution in [-0.4, -0.2) is 10.9 Å². The van der Waals surface area contributed by atoms with Gasteiger partial charge in [0.2, 0.25) is 5.91 Å². The van der Waals surface area contributed by atoms with Gasteiger partial charge < -0.3 is 9.73 Å². The molecule has 0 aliphatic heterocycles. The Balaban J connectivity index is 1.80. The summed E-state index contributed by atoms with van der Waals surface area (Å²) < 4.78 is 5.08. The van der Waals surface area contributed by atoms with E-state index in [2.05, 4.69) is 10.3 Å². The summed E-state index contributed by atoms with van der Waals surface area (Å²) in [5, 5.41) is 2.80. The molecule has 2 aromatic heterocycles. The van der Waals surface area contributed by atoms with Crippen LogP contribution in [0.3, 0.4) is 0 Å². The Kier molecular flexibility index (Phi) is 3.33. The summed E-state index contributed by atoms with van der Waals surface area (Å²) in [5.74, 6) is 0.613. The van der Waals surface area contributed by atoms with Gasteiger partial charge in [0.1, 0.15) is 5.76 Å². The fraction of sp³-hybridized carbons (Fsp3) is 0.167. The minimum absolute atomic E-state index is 0.0567. The summed E-state index contributed by atoms with van der Waals surface area (Å²) in [6.07, 6.45) is 5.26. The maximum Gasteiger partial charge on any atom is 0.227 e. The van der Waals surface area contributed by atoms with E-state index in [0.29, 0.717) is 12.3 Å². The monoisotopic (exact) mass is 216 g/mol. The van der Waals surface area contributed by atoms with Gasteiger partial charge in [-0.2, -0.15) is 0 Å². The van der Waals surface area contributed by atoms with Gasteiger partial charge in [-0.05, 0) is 23.8 Å². The number of nitrogens with zero attached hydrogens (tertiary/aromatic N) is 1. The third-order valence-corrected chi connectivity index (χ3v) is 2.13. The molecule has 0 aliphatic rings. The highest BCUT2D eigenvalue weighted by Crippen LogP contribution is 2.01. The normalized spacial score (nSPS) is 10.0. The summed E-state index contributed by atoms with van der Waals surface area (Å²) >= 11 is 0. The molecular weight excluding hydrogens is 204 g/mol. The van der Waals surface area contributed by atoms with E-state index in [0.717, 1.165) is 5.56 Å². The van der Waals surface area contributed by atoms with Gasteiger partial charge >= 0.3 is 0 Å². The standard InChI is InChI=1S/C12H12N2O2/c15-12(7-11-4-2-6-16-11)14-9-10-3-1-5-13-8-10/h1-6,8H,7,9H2,(H,14,15). The number of rotatable bonds is 4. The lowest BCUT2D eigenvalue weighted by atomic mass is 10.2. The number of pyridine rings is 1. The van der Waals surface area contributed by atoms with Crippen molar-refractivity contribution in [2.24, 2.45) is 0 Å². The molecule has 0 spiro atoms. The first-order valence-electron chi connectivity index (χ1n) is 5.02. The molecule has 4 nitrogen and oxygen atoms in total. The predicted molar refractivity (Wildman–Crippen MR) is 58.5 cm³/mol. The fourth-order valence-corrected chi connectivity index (χ4v) is 1.34. The van der Waals surface area contributed by atoms with Gasteiger partial charge in [0.05, 0.1) is 12.7 Å². The van der Waals surface area contributed by atoms with Crippen LogP contribution < -0.4 is 5.32 Å². The first-order valence-corrected chi connectivity index (χ1v) is 5.02. The Morgan fingerprint density at radius 2 is 2.31 bits per heavy atom. The van der Waals surface area contributed by atoms with Gasteiger partial charge in [0.15, 0.2) is 0 Å². The molecule has 2 heterocycles. The lowest BCUT2D eigenvalue weighted by molar-refractivity contribution is -0.120. The van der Waals surface area contributed by atoms with E-state index in [1.54, 1.807) is 30.8 Å². The van der Waals surface area contributed by atoms with Gasteiger partial charge in [-0.25, -0.2) is 0 Å². The first kappa shape index (κ1) is 10.4. The van der Waals surface area contributed by atoms with Gasteiger partial charge in [-0.1, -0.05) is 6.07 Å². The quantitative estimate of drug-likeness (QED) is 0.843. The number of hydrogen-bond donors (Lipinski definition) is 1. The molecule has 0 unspecified atom stereocenters. The molecule has 0 atom stereocenters. The van der Waals surface area contributed by atoms with Crippen LogP contribution in [0.4, 0.5) is 0 Å². The fourth-order valence-electron chi connectivity index (χ4n) is 1.34. The smallest absolute Gasteiger partial charge is 0.227 e. The number of nitrogens with one attached hydrogen (secondary N) is 1. The molecular formula is C12H12N2O2. The number of carbonyl (C=O) groups is 1. The lowest BCUT2D eigenvalue weighted by Crippen LogP contribution is -2.24. The van der Waals surface area contributed by atoms with Gasteiger partial charge in [-0.15, -0.1) is 0 Å². The van der Waals surface area contributed by atoms with Crippen LogP contribution in [0.2, 0.25) is 0 Å². The second-order valence-electron chi connectivity index (χ2n) is 3.39. The predicted octanol–water partition coefficient (Wildman–Crippen LogP) is 1.53. The molecule has 2 rings (SSSR count). The summed E-state index contributed by atoms with van der Waals surface area (Å²) in [6, 6.07) is 7.31. The van der Waals surface area contributed by atoms with Gasteiger partial charge in [0, 0.05) is 18.9 Å². The molecule has 4 heteroatoms. The lowest BCUT2D eigenvalue weighted by Gasteiger charge is -2.03. The van der Waals surface area contributed by atoms with Crippen molar-refractivity contribution in [3.8, 4) is 0 Å². The molecule has 1 amide bonds. The van der Waals surface area contributed by atoms with Gasteiger partial charge in [-0.3, -0.25) is 9.78 Å². The summed E-state index contributed by atoms with van der Waals surface area (Å²) in [7, 11) is 0. The third-order valence-electron chi connectivity index (χ3n) is 2.13. The molecule has 0 radical (unpaired) electrons. The Morgan fingerprint density at radius 1 is 1.38 bits per heavy atom. The second kappa shape index (κ2) is 5.11. The zero-order valence-corrected chi connectivity index (χ0v) is 8.72. The average molecular weight is 216 g/mol. The van der Waals surface area contributed by atoms with E-state index < -0.39 is 0 Å². The molecule has 0 saturated heterocycles. The van der Waals surface area contributed by atoms with Crippen molar-refractivity contribution in [1.29, 1.82) is 0 Å². The van der Waals surface area contributed by atoms with Gasteiger partial charge in [0.25, 0.3) is 0 Å². The van der Waals surface area contributed by atoms with E-state index in [1.165, 1.54) is 0 Å². The molecule has 0 aromatic carbocycles. The van der Waals surface area contributed by atoms with Crippen molar-refractivity contribution >= 4 is 5.91 Å². The Labute approximate surface area is 93.3 Å². The third kappa shape index (κ3) is 2.95. The van der Waals surface area contributed by atoms with Crippen LogP contribution in [0.1, 0.15) is 11.3 Å². The number of amides is 1. The summed E-state index contributed by atoms with van der Waals surface area (Å²) in [6.45, 7) is 0.493. The summed E-state index contributed by atoms with van der Waals surface area (Å²) in [4.78, 5) is 15.5. The van der Waals surface area contributed by atoms with Crippen molar-refractivity contribution in [1.82, 2.24) is 10.3 Å². The van der Waals surface area contributed by atoms with Crippen molar-refractivity contribution in [2.75, 3.05) is 0 Å².